The number of aryl methyl sites for hydroxylation is 2. The second-order valence-electron chi connectivity index (χ2n) is 9.46. The molecule has 0 spiro atoms. The first kappa shape index (κ1) is 29.8. The Labute approximate surface area is 230 Å². The number of carbonyl (C=O) groups is 2. The van der Waals surface area contributed by atoms with Gasteiger partial charge in [-0.1, -0.05) is 55.8 Å². The minimum atomic E-state index is -4.20. The molecule has 3 rings (SSSR count). The number of benzene rings is 3. The lowest BCUT2D eigenvalue weighted by molar-refractivity contribution is -0.140. The molecule has 0 heterocycles. The first-order valence-corrected chi connectivity index (χ1v) is 14.5. The fourth-order valence-corrected chi connectivity index (χ4v) is 5.64. The number of sulfonamides is 1. The van der Waals surface area contributed by atoms with Gasteiger partial charge in [-0.3, -0.25) is 13.9 Å². The number of halogens is 1. The van der Waals surface area contributed by atoms with Crippen molar-refractivity contribution in [2.24, 2.45) is 0 Å². The van der Waals surface area contributed by atoms with Gasteiger partial charge < -0.3 is 10.2 Å². The number of hydrogen-bond acceptors (Lipinski definition) is 4. The van der Waals surface area contributed by atoms with Gasteiger partial charge >= 0.3 is 0 Å². The van der Waals surface area contributed by atoms with E-state index in [1.807, 2.05) is 52.0 Å². The monoisotopic (exact) mass is 553 g/mol. The highest BCUT2D eigenvalue weighted by Crippen LogP contribution is 2.25. The van der Waals surface area contributed by atoms with Gasteiger partial charge in [0.25, 0.3) is 10.0 Å². The summed E-state index contributed by atoms with van der Waals surface area (Å²) in [6.45, 7) is 7.55. The molecule has 0 saturated carbocycles. The average Bonchev–Trinajstić information content (AvgIpc) is 2.92. The van der Waals surface area contributed by atoms with Crippen molar-refractivity contribution in [2.45, 2.75) is 58.0 Å². The highest BCUT2D eigenvalue weighted by Gasteiger charge is 2.33. The maximum Gasteiger partial charge on any atom is 0.264 e. The number of carbonyl (C=O) groups excluding carboxylic acids is 2. The molecular weight excluding hydrogens is 517 g/mol. The Morgan fingerprint density at radius 3 is 2.15 bits per heavy atom. The Kier molecular flexibility index (Phi) is 10.2. The molecule has 0 unspecified atom stereocenters. The second-order valence-corrected chi connectivity index (χ2v) is 11.3. The molecule has 9 heteroatoms. The molecule has 0 bridgehead atoms. The quantitative estimate of drug-likeness (QED) is 0.343. The van der Waals surface area contributed by atoms with E-state index < -0.39 is 34.3 Å². The SMILES string of the molecule is CCCNC(=O)[C@@H](CC)N(Cc1ccccc1C)C(=O)CN(c1ccc(F)cc1)S(=O)(=O)c1ccc(C)cc1. The largest absolute Gasteiger partial charge is 0.354 e. The number of rotatable bonds is 12. The summed E-state index contributed by atoms with van der Waals surface area (Å²) in [5.74, 6) is -1.37. The van der Waals surface area contributed by atoms with Crippen molar-refractivity contribution in [2.75, 3.05) is 17.4 Å². The fraction of sp³-hybridized carbons (Fsp3) is 0.333. The molecule has 208 valence electrons. The van der Waals surface area contributed by atoms with E-state index in [9.17, 15) is 22.4 Å². The molecule has 1 N–H and O–H groups in total. The number of hydrogen-bond donors (Lipinski definition) is 1. The predicted octanol–water partition coefficient (Wildman–Crippen LogP) is 4.97. The van der Waals surface area contributed by atoms with Gasteiger partial charge in [0, 0.05) is 13.1 Å². The normalized spacial score (nSPS) is 12.0. The predicted molar refractivity (Wildman–Crippen MR) is 151 cm³/mol. The van der Waals surface area contributed by atoms with Crippen molar-refractivity contribution in [3.05, 3.63) is 95.3 Å². The Morgan fingerprint density at radius 2 is 1.56 bits per heavy atom. The summed E-state index contributed by atoms with van der Waals surface area (Å²) in [5.41, 5.74) is 2.82. The number of amides is 2. The zero-order chi connectivity index (χ0) is 28.6. The summed E-state index contributed by atoms with van der Waals surface area (Å²) in [4.78, 5) is 28.5. The maximum absolute atomic E-state index is 14.0. The molecule has 3 aromatic rings. The van der Waals surface area contributed by atoms with Crippen LogP contribution in [0.2, 0.25) is 0 Å². The lowest BCUT2D eigenvalue weighted by Crippen LogP contribution is -2.52. The Bertz CT molecular complexity index is 1380. The zero-order valence-electron chi connectivity index (χ0n) is 22.9. The van der Waals surface area contributed by atoms with Crippen LogP contribution in [0, 0.1) is 19.7 Å². The van der Waals surface area contributed by atoms with Crippen molar-refractivity contribution in [1.29, 1.82) is 0 Å². The topological polar surface area (TPSA) is 86.8 Å². The summed E-state index contributed by atoms with van der Waals surface area (Å²) in [7, 11) is -4.20. The van der Waals surface area contributed by atoms with Crippen molar-refractivity contribution >= 4 is 27.5 Å². The summed E-state index contributed by atoms with van der Waals surface area (Å²) in [5, 5.41) is 2.87. The van der Waals surface area contributed by atoms with Gasteiger partial charge in [-0.2, -0.15) is 0 Å². The lowest BCUT2D eigenvalue weighted by Gasteiger charge is -2.33. The van der Waals surface area contributed by atoms with Gasteiger partial charge in [0.1, 0.15) is 18.4 Å². The highest BCUT2D eigenvalue weighted by atomic mass is 32.2. The van der Waals surface area contributed by atoms with E-state index in [4.69, 9.17) is 0 Å². The molecule has 0 radical (unpaired) electrons. The summed E-state index contributed by atoms with van der Waals surface area (Å²) >= 11 is 0. The fourth-order valence-electron chi connectivity index (χ4n) is 4.23. The van der Waals surface area contributed by atoms with Gasteiger partial charge in [0.05, 0.1) is 10.6 Å². The molecular formula is C30H36FN3O4S. The smallest absolute Gasteiger partial charge is 0.264 e. The Hall–Kier alpha value is -3.72. The van der Waals surface area contributed by atoms with Crippen LogP contribution in [0.25, 0.3) is 0 Å². The second kappa shape index (κ2) is 13.4. The molecule has 0 aliphatic heterocycles. The van der Waals surface area contributed by atoms with E-state index in [0.717, 1.165) is 39.5 Å². The van der Waals surface area contributed by atoms with Crippen molar-refractivity contribution in [1.82, 2.24) is 10.2 Å². The average molecular weight is 554 g/mol. The number of anilines is 1. The molecule has 0 aliphatic carbocycles. The molecule has 1 atom stereocenters. The summed E-state index contributed by atoms with van der Waals surface area (Å²) in [6.07, 6.45) is 1.08. The highest BCUT2D eigenvalue weighted by molar-refractivity contribution is 7.92. The molecule has 39 heavy (non-hydrogen) atoms. The number of nitrogens with zero attached hydrogens (tertiary/aromatic N) is 2. The lowest BCUT2D eigenvalue weighted by atomic mass is 10.1. The maximum atomic E-state index is 14.0. The third-order valence-corrected chi connectivity index (χ3v) is 8.33. The van der Waals surface area contributed by atoms with Gasteiger partial charge in [-0.25, -0.2) is 12.8 Å². The van der Waals surface area contributed by atoms with Crippen LogP contribution in [-0.2, 0) is 26.2 Å². The molecule has 0 fully saturated rings. The van der Waals surface area contributed by atoms with Crippen LogP contribution in [0.1, 0.15) is 43.4 Å². The third-order valence-electron chi connectivity index (χ3n) is 6.54. The summed E-state index contributed by atoms with van der Waals surface area (Å²) < 4.78 is 42.3. The molecule has 0 aromatic heterocycles. The van der Waals surface area contributed by atoms with E-state index >= 15 is 0 Å². The van der Waals surface area contributed by atoms with E-state index in [0.29, 0.717) is 13.0 Å². The summed E-state index contributed by atoms with van der Waals surface area (Å²) in [6, 6.07) is 18.0. The van der Waals surface area contributed by atoms with Crippen LogP contribution in [0.5, 0.6) is 0 Å². The Balaban J connectivity index is 2.05. The molecule has 7 nitrogen and oxygen atoms in total. The standard InChI is InChI=1S/C30H36FN3O4S/c1-5-19-32-30(36)28(6-2)33(20-24-10-8-7-9-23(24)4)29(35)21-34(26-15-13-25(31)14-16-26)39(37,38)27-17-11-22(3)12-18-27/h7-18,28H,5-6,19-21H2,1-4H3,(H,32,36)/t28-/m1/s1. The van der Waals surface area contributed by atoms with Crippen LogP contribution >= 0.6 is 0 Å². The minimum absolute atomic E-state index is 0.00316. The molecule has 0 saturated heterocycles. The number of nitrogens with one attached hydrogen (secondary N) is 1. The first-order chi connectivity index (χ1) is 18.6. The molecule has 2 amide bonds. The zero-order valence-corrected chi connectivity index (χ0v) is 23.7. The van der Waals surface area contributed by atoms with Crippen LogP contribution in [0.15, 0.2) is 77.7 Å². The van der Waals surface area contributed by atoms with Crippen LogP contribution < -0.4 is 9.62 Å². The molecule has 3 aromatic carbocycles. The Morgan fingerprint density at radius 1 is 0.923 bits per heavy atom. The van der Waals surface area contributed by atoms with Gasteiger partial charge in [-0.15, -0.1) is 0 Å². The van der Waals surface area contributed by atoms with E-state index in [-0.39, 0.29) is 23.0 Å². The van der Waals surface area contributed by atoms with Crippen LogP contribution in [-0.4, -0.2) is 44.3 Å². The van der Waals surface area contributed by atoms with E-state index in [2.05, 4.69) is 5.32 Å². The van der Waals surface area contributed by atoms with Crippen molar-refractivity contribution in [3.63, 3.8) is 0 Å². The van der Waals surface area contributed by atoms with E-state index in [1.54, 1.807) is 12.1 Å². The first-order valence-electron chi connectivity index (χ1n) is 13.0. The van der Waals surface area contributed by atoms with Crippen LogP contribution in [0.3, 0.4) is 0 Å². The minimum Gasteiger partial charge on any atom is -0.354 e. The van der Waals surface area contributed by atoms with E-state index in [1.165, 1.54) is 29.2 Å². The van der Waals surface area contributed by atoms with Gasteiger partial charge in [0.2, 0.25) is 11.8 Å². The van der Waals surface area contributed by atoms with Crippen molar-refractivity contribution in [3.8, 4) is 0 Å². The van der Waals surface area contributed by atoms with Gasteiger partial charge in [-0.05, 0) is 74.2 Å². The molecule has 0 aliphatic rings. The van der Waals surface area contributed by atoms with Crippen LogP contribution in [0.4, 0.5) is 10.1 Å². The van der Waals surface area contributed by atoms with Crippen molar-refractivity contribution < 1.29 is 22.4 Å². The van der Waals surface area contributed by atoms with Gasteiger partial charge in [0.15, 0.2) is 0 Å². The third kappa shape index (κ3) is 7.44.